The summed E-state index contributed by atoms with van der Waals surface area (Å²) in [5, 5.41) is 25.7. The maximum absolute atomic E-state index is 13.9. The van der Waals surface area contributed by atoms with Gasteiger partial charge in [-0.25, -0.2) is 4.79 Å². The van der Waals surface area contributed by atoms with Gasteiger partial charge in [0, 0.05) is 12.6 Å². The predicted octanol–water partition coefficient (Wildman–Crippen LogP) is 3.64. The van der Waals surface area contributed by atoms with Gasteiger partial charge in [0.15, 0.2) is 0 Å². The molecule has 0 aliphatic heterocycles. The van der Waals surface area contributed by atoms with Crippen LogP contribution in [0.15, 0.2) is 24.3 Å². The Morgan fingerprint density at radius 2 is 1.83 bits per heavy atom. The van der Waals surface area contributed by atoms with E-state index in [9.17, 15) is 24.6 Å². The van der Waals surface area contributed by atoms with Gasteiger partial charge in [0.25, 0.3) is 0 Å². The van der Waals surface area contributed by atoms with Crippen molar-refractivity contribution < 1.29 is 29.3 Å². The third-order valence-corrected chi connectivity index (χ3v) is 6.47. The molecule has 0 bridgehead atoms. The van der Waals surface area contributed by atoms with Gasteiger partial charge in [-0.1, -0.05) is 51.7 Å². The monoisotopic (exact) mass is 505 g/mol. The molecule has 36 heavy (non-hydrogen) atoms. The van der Waals surface area contributed by atoms with Gasteiger partial charge in [0.05, 0.1) is 6.61 Å². The normalized spacial score (nSPS) is 16.9. The number of ether oxygens (including phenoxy) is 1. The van der Waals surface area contributed by atoms with Crippen molar-refractivity contribution in [2.45, 2.75) is 96.9 Å². The Hall–Kier alpha value is -2.81. The summed E-state index contributed by atoms with van der Waals surface area (Å²) in [7, 11) is 0. The molecule has 0 heterocycles. The van der Waals surface area contributed by atoms with E-state index in [0.29, 0.717) is 12.0 Å². The average Bonchev–Trinajstić information content (AvgIpc) is 2.81. The van der Waals surface area contributed by atoms with Crippen LogP contribution in [0.25, 0.3) is 0 Å². The van der Waals surface area contributed by atoms with Crippen molar-refractivity contribution in [1.29, 1.82) is 0 Å². The first kappa shape index (κ1) is 29.4. The zero-order chi connectivity index (χ0) is 26.9. The van der Waals surface area contributed by atoms with E-state index in [0.717, 1.165) is 32.1 Å². The topological polar surface area (TPSA) is 128 Å². The molecule has 202 valence electrons. The molecule has 9 heteroatoms. The van der Waals surface area contributed by atoms with Crippen molar-refractivity contribution in [1.82, 2.24) is 15.5 Å². The van der Waals surface area contributed by atoms with E-state index in [2.05, 4.69) is 10.6 Å². The molecule has 1 aromatic rings. The number of hydrogen-bond donors (Lipinski definition) is 4. The highest BCUT2D eigenvalue weighted by Crippen LogP contribution is 2.28. The number of nitrogens with zero attached hydrogens (tertiary/aromatic N) is 1. The number of carbonyl (C=O) groups is 3. The number of aliphatic hydroxyl groups is 1. The molecule has 2 rings (SSSR count). The lowest BCUT2D eigenvalue weighted by Crippen LogP contribution is -2.56. The van der Waals surface area contributed by atoms with Crippen LogP contribution in [0.1, 0.15) is 84.7 Å². The van der Waals surface area contributed by atoms with Crippen molar-refractivity contribution in [3.63, 3.8) is 0 Å². The molecule has 0 aromatic heterocycles. The molecule has 9 nitrogen and oxygen atoms in total. The van der Waals surface area contributed by atoms with Crippen LogP contribution in [0.4, 0.5) is 4.79 Å². The zero-order valence-electron chi connectivity index (χ0n) is 22.3. The summed E-state index contributed by atoms with van der Waals surface area (Å²) in [5.74, 6) is -1.19. The molecule has 0 radical (unpaired) electrons. The van der Waals surface area contributed by atoms with Gasteiger partial charge in [-0.15, -0.1) is 0 Å². The Morgan fingerprint density at radius 3 is 2.39 bits per heavy atom. The molecular weight excluding hydrogens is 462 g/mol. The van der Waals surface area contributed by atoms with Crippen molar-refractivity contribution in [2.75, 3.05) is 13.2 Å². The highest BCUT2D eigenvalue weighted by Gasteiger charge is 2.38. The van der Waals surface area contributed by atoms with Crippen molar-refractivity contribution in [2.24, 2.45) is 5.92 Å². The molecule has 1 aromatic carbocycles. The first-order valence-corrected chi connectivity index (χ1v) is 13.0. The fourth-order valence-corrected chi connectivity index (χ4v) is 4.47. The van der Waals surface area contributed by atoms with E-state index in [1.54, 1.807) is 32.9 Å². The van der Waals surface area contributed by atoms with E-state index >= 15 is 0 Å². The van der Waals surface area contributed by atoms with E-state index in [-0.39, 0.29) is 36.8 Å². The first-order chi connectivity index (χ1) is 17.0. The van der Waals surface area contributed by atoms with E-state index in [1.165, 1.54) is 17.0 Å². The summed E-state index contributed by atoms with van der Waals surface area (Å²) >= 11 is 0. The summed E-state index contributed by atoms with van der Waals surface area (Å²) < 4.78 is 5.38. The predicted molar refractivity (Wildman–Crippen MR) is 137 cm³/mol. The molecule has 3 unspecified atom stereocenters. The van der Waals surface area contributed by atoms with Gasteiger partial charge < -0.3 is 30.5 Å². The number of aromatic hydroxyl groups is 1. The number of amides is 3. The second kappa shape index (κ2) is 13.5. The number of alkyl carbamates (subject to hydrolysis) is 1. The Balaban J connectivity index is 2.43. The Bertz CT molecular complexity index is 879. The third kappa shape index (κ3) is 8.69. The molecule has 0 saturated heterocycles. The molecule has 4 N–H and O–H groups in total. The highest BCUT2D eigenvalue weighted by atomic mass is 16.6. The molecule has 3 amide bonds. The van der Waals surface area contributed by atoms with Crippen molar-refractivity contribution in [3.05, 3.63) is 29.8 Å². The minimum absolute atomic E-state index is 0.00221. The van der Waals surface area contributed by atoms with Crippen LogP contribution >= 0.6 is 0 Å². The Kier molecular flexibility index (Phi) is 11.0. The number of carbonyl (C=O) groups excluding carboxylic acids is 3. The van der Waals surface area contributed by atoms with Crippen LogP contribution in [-0.4, -0.2) is 63.9 Å². The fourth-order valence-electron chi connectivity index (χ4n) is 4.47. The average molecular weight is 506 g/mol. The van der Waals surface area contributed by atoms with Gasteiger partial charge >= 0.3 is 6.09 Å². The number of phenolic OH excluding ortho intramolecular Hbond substituents is 1. The molecule has 1 saturated carbocycles. The molecule has 3 atom stereocenters. The van der Waals surface area contributed by atoms with Crippen LogP contribution in [0.2, 0.25) is 0 Å². The van der Waals surface area contributed by atoms with Crippen LogP contribution in [0, 0.1) is 5.92 Å². The van der Waals surface area contributed by atoms with E-state index < -0.39 is 29.7 Å². The van der Waals surface area contributed by atoms with Crippen LogP contribution < -0.4 is 10.6 Å². The molecule has 0 spiro atoms. The van der Waals surface area contributed by atoms with Crippen LogP contribution in [0.3, 0.4) is 0 Å². The van der Waals surface area contributed by atoms with Crippen LogP contribution in [0.5, 0.6) is 5.75 Å². The molecule has 1 fully saturated rings. The lowest BCUT2D eigenvalue weighted by Gasteiger charge is -2.36. The van der Waals surface area contributed by atoms with Gasteiger partial charge in [-0.2, -0.15) is 0 Å². The number of nitrogens with one attached hydrogen (secondary N) is 2. The number of hydrogen-bond acceptors (Lipinski definition) is 6. The summed E-state index contributed by atoms with van der Waals surface area (Å²) in [6.07, 6.45) is 4.76. The summed E-state index contributed by atoms with van der Waals surface area (Å²) in [4.78, 5) is 41.5. The van der Waals surface area contributed by atoms with Crippen molar-refractivity contribution >= 4 is 17.9 Å². The smallest absolute Gasteiger partial charge is 0.408 e. The van der Waals surface area contributed by atoms with E-state index in [4.69, 9.17) is 4.74 Å². The minimum Gasteiger partial charge on any atom is -0.508 e. The fraction of sp³-hybridized carbons (Fsp3) is 0.667. The number of phenols is 1. The second-order valence-electron chi connectivity index (χ2n) is 10.6. The summed E-state index contributed by atoms with van der Waals surface area (Å²) in [6.45, 7) is 8.44. The second-order valence-corrected chi connectivity index (χ2v) is 10.6. The Morgan fingerprint density at radius 1 is 1.17 bits per heavy atom. The quantitative estimate of drug-likeness (QED) is 0.384. The molecule has 1 aliphatic rings. The van der Waals surface area contributed by atoms with Crippen molar-refractivity contribution in [3.8, 4) is 5.75 Å². The maximum atomic E-state index is 13.9. The van der Waals surface area contributed by atoms with Gasteiger partial charge in [-0.05, 0) is 57.2 Å². The lowest BCUT2D eigenvalue weighted by molar-refractivity contribution is -0.144. The number of aliphatic hydroxyl groups excluding tert-OH is 1. The van der Waals surface area contributed by atoms with E-state index in [1.807, 2.05) is 13.8 Å². The standard InChI is InChI=1S/C27H43N3O6/c1-6-18(2)22(29-26(35)36-27(3,4)5)25(34)30(15-16-31)23(19-11-10-14-21(32)17-19)24(33)28-20-12-8-7-9-13-20/h10-11,14,17-18,20,22-23,31-32H,6-9,12-13,15-16H2,1-5H3,(H,28,33)(H,29,35). The largest absolute Gasteiger partial charge is 0.508 e. The SMILES string of the molecule is CCC(C)C(NC(=O)OC(C)(C)C)C(=O)N(CCO)C(C(=O)NC1CCCCC1)c1cccc(O)c1. The van der Waals surface area contributed by atoms with Crippen LogP contribution in [-0.2, 0) is 14.3 Å². The minimum atomic E-state index is -1.09. The summed E-state index contributed by atoms with van der Waals surface area (Å²) in [6, 6.07) is 4.15. The van der Waals surface area contributed by atoms with Gasteiger partial charge in [0.2, 0.25) is 11.8 Å². The Labute approximate surface area is 214 Å². The lowest BCUT2D eigenvalue weighted by atomic mass is 9.93. The first-order valence-electron chi connectivity index (χ1n) is 13.0. The van der Waals surface area contributed by atoms with Gasteiger partial charge in [0.1, 0.15) is 23.4 Å². The number of benzene rings is 1. The maximum Gasteiger partial charge on any atom is 0.408 e. The highest BCUT2D eigenvalue weighted by molar-refractivity contribution is 5.92. The van der Waals surface area contributed by atoms with Gasteiger partial charge in [-0.3, -0.25) is 9.59 Å². The molecular formula is C27H43N3O6. The third-order valence-electron chi connectivity index (χ3n) is 6.47. The zero-order valence-corrected chi connectivity index (χ0v) is 22.3. The summed E-state index contributed by atoms with van der Waals surface area (Å²) in [5.41, 5.74) is -0.327. The number of rotatable bonds is 10. The molecule has 1 aliphatic carbocycles.